The highest BCUT2D eigenvalue weighted by molar-refractivity contribution is 5.74. The topological polar surface area (TPSA) is 122 Å². The van der Waals surface area contributed by atoms with E-state index in [1.807, 2.05) is 32.2 Å². The minimum absolute atomic E-state index is 0.0183. The van der Waals surface area contributed by atoms with Crippen LogP contribution in [0.25, 0.3) is 0 Å². The van der Waals surface area contributed by atoms with Crippen LogP contribution in [0.3, 0.4) is 0 Å². The second-order valence-electron chi connectivity index (χ2n) is 12.9. The Morgan fingerprint density at radius 3 is 2.65 bits per heavy atom. The average Bonchev–Trinajstić information content (AvgIpc) is 3.34. The molecule has 1 spiro atoms. The first kappa shape index (κ1) is 35.4. The van der Waals surface area contributed by atoms with Crippen LogP contribution in [0.5, 0.6) is 0 Å². The maximum absolute atomic E-state index is 12.6. The molecule has 0 heterocycles. The van der Waals surface area contributed by atoms with Gasteiger partial charge in [0.25, 0.3) is 0 Å². The minimum Gasteiger partial charge on any atom is -0.396 e. The summed E-state index contributed by atoms with van der Waals surface area (Å²) in [5.74, 6) is -0.821. The van der Waals surface area contributed by atoms with Gasteiger partial charge in [0.1, 0.15) is 6.29 Å². The van der Waals surface area contributed by atoms with Gasteiger partial charge in [0.05, 0.1) is 18.3 Å². The van der Waals surface area contributed by atoms with Gasteiger partial charge in [-0.1, -0.05) is 66.7 Å². The summed E-state index contributed by atoms with van der Waals surface area (Å²) >= 11 is 0. The zero-order chi connectivity index (χ0) is 31.6. The van der Waals surface area contributed by atoms with Crippen LogP contribution < -0.4 is 10.6 Å². The molecule has 2 saturated carbocycles. The second kappa shape index (κ2) is 16.3. The van der Waals surface area contributed by atoms with Crippen molar-refractivity contribution < 1.29 is 25.2 Å². The number of likely N-dealkylation sites (N-methyl/N-ethyl adjacent to an activating group) is 1. The molecular weight excluding hydrogens is 540 g/mol. The largest absolute Gasteiger partial charge is 0.396 e. The summed E-state index contributed by atoms with van der Waals surface area (Å²) in [6.45, 7) is 12.4. The Bertz CT molecular complexity index is 1120. The number of nitrogens with one attached hydrogen (secondary N) is 2. The van der Waals surface area contributed by atoms with Crippen molar-refractivity contribution in [3.8, 4) is 0 Å². The molecule has 43 heavy (non-hydrogen) atoms. The quantitative estimate of drug-likeness (QED) is 0.0685. The van der Waals surface area contributed by atoms with Crippen LogP contribution in [0.2, 0.25) is 0 Å². The summed E-state index contributed by atoms with van der Waals surface area (Å²) in [6, 6.07) is 0. The number of rotatable bonds is 16. The molecule has 7 heteroatoms. The zero-order valence-electron chi connectivity index (χ0n) is 26.8. The Labute approximate surface area is 259 Å². The maximum Gasteiger partial charge on any atom is 0.145 e. The summed E-state index contributed by atoms with van der Waals surface area (Å²) < 4.78 is 0. The highest BCUT2D eigenvalue weighted by Gasteiger charge is 2.68. The van der Waals surface area contributed by atoms with E-state index in [1.165, 1.54) is 5.57 Å². The molecule has 240 valence electrons. The van der Waals surface area contributed by atoms with Crippen molar-refractivity contribution in [1.82, 2.24) is 10.6 Å². The molecule has 0 aromatic heterocycles. The van der Waals surface area contributed by atoms with Gasteiger partial charge in [-0.3, -0.25) is 4.79 Å². The highest BCUT2D eigenvalue weighted by atomic mass is 16.3. The molecule has 0 radical (unpaired) electrons. The lowest BCUT2D eigenvalue weighted by Crippen LogP contribution is -2.65. The van der Waals surface area contributed by atoms with Gasteiger partial charge in [0.2, 0.25) is 0 Å². The van der Waals surface area contributed by atoms with Crippen molar-refractivity contribution in [3.63, 3.8) is 0 Å². The van der Waals surface area contributed by atoms with E-state index < -0.39 is 17.1 Å². The Morgan fingerprint density at radius 1 is 1.23 bits per heavy atom. The van der Waals surface area contributed by atoms with E-state index in [9.17, 15) is 25.2 Å². The summed E-state index contributed by atoms with van der Waals surface area (Å²) in [5, 5.41) is 51.8. The Hall–Kier alpha value is -2.13. The van der Waals surface area contributed by atoms with Crippen molar-refractivity contribution >= 4 is 6.29 Å². The molecule has 2 fully saturated rings. The van der Waals surface area contributed by atoms with Crippen LogP contribution in [0.1, 0.15) is 65.7 Å². The zero-order valence-corrected chi connectivity index (χ0v) is 26.8. The van der Waals surface area contributed by atoms with E-state index in [0.29, 0.717) is 44.2 Å². The molecule has 7 nitrogen and oxygen atoms in total. The number of hydrogen-bond acceptors (Lipinski definition) is 7. The molecular formula is C36H56N2O5. The van der Waals surface area contributed by atoms with E-state index in [1.54, 1.807) is 0 Å². The Morgan fingerprint density at radius 2 is 2.00 bits per heavy atom. The predicted octanol–water partition coefficient (Wildman–Crippen LogP) is 4.17. The SMILES string of the molecule is C=C(/C=C/C=C(/CO)[C@@H]1CC[C@]2([C@@H]1O)[C@@H]1C(=C(C)C=O)[C@@H](C=C[C@H]1CCO)C[C@]2(O)CCNC)CC/C=C(\C)CNCC. The van der Waals surface area contributed by atoms with Crippen molar-refractivity contribution in [3.05, 3.63) is 70.9 Å². The summed E-state index contributed by atoms with van der Waals surface area (Å²) in [7, 11) is 1.86. The lowest BCUT2D eigenvalue weighted by molar-refractivity contribution is -0.194. The van der Waals surface area contributed by atoms with Crippen molar-refractivity contribution in [2.75, 3.05) is 39.9 Å². The van der Waals surface area contributed by atoms with E-state index in [4.69, 9.17) is 0 Å². The lowest BCUT2D eigenvalue weighted by atomic mass is 9.45. The van der Waals surface area contributed by atoms with Crippen LogP contribution in [0.15, 0.2) is 70.9 Å². The van der Waals surface area contributed by atoms with E-state index in [-0.39, 0.29) is 36.9 Å². The second-order valence-corrected chi connectivity index (χ2v) is 12.9. The molecule has 3 rings (SSSR count). The third kappa shape index (κ3) is 7.58. The molecule has 0 aromatic carbocycles. The fraction of sp³-hybridized carbons (Fsp3) is 0.639. The third-order valence-electron chi connectivity index (χ3n) is 10.3. The molecule has 0 aromatic rings. The number of aliphatic hydroxyl groups is 4. The monoisotopic (exact) mass is 596 g/mol. The number of allylic oxidation sites excluding steroid dienone is 9. The smallest absolute Gasteiger partial charge is 0.145 e. The van der Waals surface area contributed by atoms with Gasteiger partial charge >= 0.3 is 0 Å². The van der Waals surface area contributed by atoms with Gasteiger partial charge in [-0.05, 0) is 102 Å². The Kier molecular flexibility index (Phi) is 13.4. The molecule has 3 aliphatic rings. The maximum atomic E-state index is 12.6. The highest BCUT2D eigenvalue weighted by Crippen LogP contribution is 2.67. The predicted molar refractivity (Wildman–Crippen MR) is 174 cm³/mol. The van der Waals surface area contributed by atoms with Gasteiger partial charge < -0.3 is 31.1 Å². The number of aliphatic hydroxyl groups excluding tert-OH is 3. The van der Waals surface area contributed by atoms with Crippen LogP contribution in [-0.2, 0) is 4.79 Å². The van der Waals surface area contributed by atoms with Gasteiger partial charge in [-0.25, -0.2) is 0 Å². The van der Waals surface area contributed by atoms with Crippen molar-refractivity contribution in [2.45, 2.75) is 77.4 Å². The van der Waals surface area contributed by atoms with E-state index in [0.717, 1.165) is 48.9 Å². The molecule has 7 atom stereocenters. The molecule has 3 aliphatic carbocycles. The number of aldehydes is 1. The number of hydrogen-bond donors (Lipinski definition) is 6. The standard InChI is InChI=1S/C36H56N2O5/c1-6-38-22-26(3)11-7-9-25(2)10-8-12-30(24-41)31-15-17-36(34(31)42)33-28(16-20-39)13-14-29(32(33)27(4)23-40)21-35(36,43)18-19-37-5/h8,10-14,23,28-29,31,33-34,37-39,41-43H,2,6-7,9,15-22,24H2,1,3-5H3/b10-8+,26-11+,30-12-,32-27?/t28-,29-,31-,33-,34+,35+,36+/m0/s1. The first-order valence-corrected chi connectivity index (χ1v) is 16.2. The van der Waals surface area contributed by atoms with Gasteiger partial charge in [-0.2, -0.15) is 0 Å². The summed E-state index contributed by atoms with van der Waals surface area (Å²) in [4.78, 5) is 12.1. The van der Waals surface area contributed by atoms with Gasteiger partial charge in [0, 0.05) is 30.4 Å². The molecule has 0 aliphatic heterocycles. The molecule has 0 unspecified atom stereocenters. The third-order valence-corrected chi connectivity index (χ3v) is 10.3. The van der Waals surface area contributed by atoms with Crippen LogP contribution in [-0.4, -0.2) is 78.3 Å². The van der Waals surface area contributed by atoms with Crippen LogP contribution >= 0.6 is 0 Å². The average molecular weight is 597 g/mol. The van der Waals surface area contributed by atoms with E-state index in [2.05, 4.69) is 49.3 Å². The lowest BCUT2D eigenvalue weighted by Gasteiger charge is -2.61. The van der Waals surface area contributed by atoms with Gasteiger partial charge in [-0.15, -0.1) is 0 Å². The number of carbonyl (C=O) groups is 1. The van der Waals surface area contributed by atoms with Gasteiger partial charge in [0.15, 0.2) is 0 Å². The van der Waals surface area contributed by atoms with Crippen molar-refractivity contribution in [1.29, 1.82) is 0 Å². The first-order chi connectivity index (χ1) is 20.6. The molecule has 0 saturated heterocycles. The first-order valence-electron chi connectivity index (χ1n) is 16.2. The summed E-state index contributed by atoms with van der Waals surface area (Å²) in [5.41, 5.74) is 2.57. The molecule has 0 amide bonds. The normalized spacial score (nSPS) is 33.9. The summed E-state index contributed by atoms with van der Waals surface area (Å²) in [6.07, 6.45) is 16.5. The van der Waals surface area contributed by atoms with Crippen LogP contribution in [0.4, 0.5) is 0 Å². The molecule has 2 bridgehead atoms. The number of fused-ring (bicyclic) bond motifs is 3. The molecule has 6 N–H and O–H groups in total. The number of carbonyl (C=O) groups excluding carboxylic acids is 1. The van der Waals surface area contributed by atoms with Crippen molar-refractivity contribution in [2.24, 2.45) is 29.1 Å². The Balaban J connectivity index is 1.93. The van der Waals surface area contributed by atoms with E-state index >= 15 is 0 Å². The fourth-order valence-electron chi connectivity index (χ4n) is 8.20. The minimum atomic E-state index is -1.19. The fourth-order valence-corrected chi connectivity index (χ4v) is 8.20. The van der Waals surface area contributed by atoms with Crippen LogP contribution in [0, 0.1) is 29.1 Å².